The summed E-state index contributed by atoms with van der Waals surface area (Å²) in [7, 11) is 0. The Hall–Kier alpha value is -1.20. The van der Waals surface area contributed by atoms with Crippen molar-refractivity contribution in [2.45, 2.75) is 45.6 Å². The fourth-order valence-electron chi connectivity index (χ4n) is 1.59. The van der Waals surface area contributed by atoms with E-state index in [9.17, 15) is 0 Å². The van der Waals surface area contributed by atoms with Gasteiger partial charge in [-0.05, 0) is 38.4 Å². The Morgan fingerprint density at radius 1 is 1.44 bits per heavy atom. The van der Waals surface area contributed by atoms with Crippen LogP contribution in [0.3, 0.4) is 0 Å². The summed E-state index contributed by atoms with van der Waals surface area (Å²) in [6.45, 7) is 5.21. The van der Waals surface area contributed by atoms with Crippen molar-refractivity contribution >= 4 is 0 Å². The van der Waals surface area contributed by atoms with Crippen molar-refractivity contribution in [2.24, 2.45) is 0 Å². The Bertz CT molecular complexity index is 335. The summed E-state index contributed by atoms with van der Waals surface area (Å²) < 4.78 is 5.68. The molecule has 0 radical (unpaired) electrons. The maximum Gasteiger partial charge on any atom is 0.120 e. The lowest BCUT2D eigenvalue weighted by atomic mass is 10.2. The molecule has 1 heterocycles. The van der Waals surface area contributed by atoms with Gasteiger partial charge in [0.15, 0.2) is 0 Å². The first-order valence-corrected chi connectivity index (χ1v) is 6.03. The minimum absolute atomic E-state index is 0.283. The quantitative estimate of drug-likeness (QED) is 0.562. The van der Waals surface area contributed by atoms with Crippen molar-refractivity contribution in [1.29, 1.82) is 0 Å². The average molecular weight is 219 g/mol. The van der Waals surface area contributed by atoms with Gasteiger partial charge in [-0.15, -0.1) is 12.3 Å². The van der Waals surface area contributed by atoms with E-state index in [0.29, 0.717) is 0 Å². The zero-order valence-corrected chi connectivity index (χ0v) is 10.3. The van der Waals surface area contributed by atoms with Crippen molar-refractivity contribution in [3.05, 3.63) is 23.7 Å². The standard InChI is InChI=1S/C14H21NO/c1-4-6-7-8-11-15-12(3)14-10-9-13(5-2)16-14/h1,9-10,12,15H,5-8,11H2,2-3H3. The van der Waals surface area contributed by atoms with E-state index in [1.165, 1.54) is 0 Å². The number of unbranched alkanes of at least 4 members (excludes halogenated alkanes) is 2. The monoisotopic (exact) mass is 219 g/mol. The number of hydrogen-bond donors (Lipinski definition) is 1. The SMILES string of the molecule is C#CCCCCNC(C)c1ccc(CC)o1. The summed E-state index contributed by atoms with van der Waals surface area (Å²) in [5, 5.41) is 3.43. The van der Waals surface area contributed by atoms with Gasteiger partial charge in [-0.2, -0.15) is 0 Å². The molecular formula is C14H21NO. The first kappa shape index (κ1) is 12.9. The molecule has 1 atom stereocenters. The van der Waals surface area contributed by atoms with Gasteiger partial charge < -0.3 is 9.73 Å². The van der Waals surface area contributed by atoms with Crippen LogP contribution in [-0.4, -0.2) is 6.54 Å². The highest BCUT2D eigenvalue weighted by Crippen LogP contribution is 2.16. The van der Waals surface area contributed by atoms with E-state index in [2.05, 4.69) is 31.2 Å². The topological polar surface area (TPSA) is 25.2 Å². The van der Waals surface area contributed by atoms with Gasteiger partial charge in [-0.25, -0.2) is 0 Å². The number of hydrogen-bond acceptors (Lipinski definition) is 2. The van der Waals surface area contributed by atoms with Crippen LogP contribution >= 0.6 is 0 Å². The third-order valence-electron chi connectivity index (χ3n) is 2.66. The molecule has 16 heavy (non-hydrogen) atoms. The van der Waals surface area contributed by atoms with E-state index >= 15 is 0 Å². The van der Waals surface area contributed by atoms with Gasteiger partial charge in [0, 0.05) is 12.8 Å². The van der Waals surface area contributed by atoms with Crippen LogP contribution in [0.5, 0.6) is 0 Å². The molecule has 0 saturated carbocycles. The summed E-state index contributed by atoms with van der Waals surface area (Å²) in [6.07, 6.45) is 9.23. The van der Waals surface area contributed by atoms with E-state index < -0.39 is 0 Å². The third kappa shape index (κ3) is 4.12. The predicted octanol–water partition coefficient (Wildman–Crippen LogP) is 3.30. The molecule has 0 aliphatic carbocycles. The van der Waals surface area contributed by atoms with E-state index in [1.807, 2.05) is 6.07 Å². The van der Waals surface area contributed by atoms with E-state index in [4.69, 9.17) is 10.8 Å². The van der Waals surface area contributed by atoms with E-state index in [0.717, 1.165) is 43.7 Å². The molecule has 0 aromatic carbocycles. The Labute approximate surface area is 98.4 Å². The molecule has 1 N–H and O–H groups in total. The minimum Gasteiger partial charge on any atom is -0.464 e. The first-order valence-electron chi connectivity index (χ1n) is 6.03. The molecule has 1 rings (SSSR count). The average Bonchev–Trinajstić information content (AvgIpc) is 2.77. The molecular weight excluding hydrogens is 198 g/mol. The summed E-state index contributed by atoms with van der Waals surface area (Å²) in [5.74, 6) is 4.73. The second kappa shape index (κ2) is 7.14. The number of rotatable bonds is 7. The van der Waals surface area contributed by atoms with Gasteiger partial charge in [-0.3, -0.25) is 0 Å². The number of furan rings is 1. The molecule has 1 unspecified atom stereocenters. The predicted molar refractivity (Wildman–Crippen MR) is 67.2 cm³/mol. The molecule has 2 nitrogen and oxygen atoms in total. The van der Waals surface area contributed by atoms with Gasteiger partial charge in [0.1, 0.15) is 11.5 Å². The van der Waals surface area contributed by atoms with E-state index in [-0.39, 0.29) is 6.04 Å². The highest BCUT2D eigenvalue weighted by atomic mass is 16.3. The van der Waals surface area contributed by atoms with Crippen LogP contribution < -0.4 is 5.32 Å². The summed E-state index contributed by atoms with van der Waals surface area (Å²) in [4.78, 5) is 0. The maximum atomic E-state index is 5.68. The van der Waals surface area contributed by atoms with Gasteiger partial charge >= 0.3 is 0 Å². The van der Waals surface area contributed by atoms with Crippen molar-refractivity contribution < 1.29 is 4.42 Å². The Morgan fingerprint density at radius 3 is 2.88 bits per heavy atom. The van der Waals surface area contributed by atoms with Crippen LogP contribution in [0.1, 0.15) is 50.7 Å². The van der Waals surface area contributed by atoms with Crippen LogP contribution in [0.15, 0.2) is 16.5 Å². The highest BCUT2D eigenvalue weighted by molar-refractivity contribution is 5.10. The smallest absolute Gasteiger partial charge is 0.120 e. The largest absolute Gasteiger partial charge is 0.464 e. The lowest BCUT2D eigenvalue weighted by molar-refractivity contribution is 0.406. The van der Waals surface area contributed by atoms with Crippen molar-refractivity contribution in [3.8, 4) is 12.3 Å². The van der Waals surface area contributed by atoms with Gasteiger partial charge in [-0.1, -0.05) is 6.92 Å². The molecule has 0 amide bonds. The van der Waals surface area contributed by atoms with Crippen LogP contribution in [0.25, 0.3) is 0 Å². The number of aryl methyl sites for hydroxylation is 1. The Balaban J connectivity index is 2.24. The Morgan fingerprint density at radius 2 is 2.25 bits per heavy atom. The van der Waals surface area contributed by atoms with Crippen LogP contribution in [0.4, 0.5) is 0 Å². The molecule has 1 aromatic rings. The normalized spacial score (nSPS) is 12.3. The molecule has 0 aliphatic rings. The summed E-state index contributed by atoms with van der Waals surface area (Å²) in [6, 6.07) is 4.38. The van der Waals surface area contributed by atoms with Crippen LogP contribution in [-0.2, 0) is 6.42 Å². The molecule has 88 valence electrons. The lowest BCUT2D eigenvalue weighted by Gasteiger charge is -2.10. The lowest BCUT2D eigenvalue weighted by Crippen LogP contribution is -2.19. The first-order chi connectivity index (χ1) is 7.77. The Kier molecular flexibility index (Phi) is 5.74. The second-order valence-corrected chi connectivity index (χ2v) is 3.99. The fraction of sp³-hybridized carbons (Fsp3) is 0.571. The zero-order chi connectivity index (χ0) is 11.8. The maximum absolute atomic E-state index is 5.68. The van der Waals surface area contributed by atoms with Crippen LogP contribution in [0, 0.1) is 12.3 Å². The van der Waals surface area contributed by atoms with Gasteiger partial charge in [0.05, 0.1) is 6.04 Å². The molecule has 0 saturated heterocycles. The van der Waals surface area contributed by atoms with E-state index in [1.54, 1.807) is 0 Å². The summed E-state index contributed by atoms with van der Waals surface area (Å²) >= 11 is 0. The molecule has 0 spiro atoms. The fourth-order valence-corrected chi connectivity index (χ4v) is 1.59. The molecule has 0 aliphatic heterocycles. The van der Waals surface area contributed by atoms with Gasteiger partial charge in [0.25, 0.3) is 0 Å². The number of nitrogens with one attached hydrogen (secondary N) is 1. The number of terminal acetylenes is 1. The third-order valence-corrected chi connectivity index (χ3v) is 2.66. The molecule has 0 bridgehead atoms. The minimum atomic E-state index is 0.283. The molecule has 0 fully saturated rings. The molecule has 2 heteroatoms. The van der Waals surface area contributed by atoms with Crippen LogP contribution in [0.2, 0.25) is 0 Å². The van der Waals surface area contributed by atoms with Gasteiger partial charge in [0.2, 0.25) is 0 Å². The molecule has 1 aromatic heterocycles. The van der Waals surface area contributed by atoms with Crippen molar-refractivity contribution in [2.75, 3.05) is 6.54 Å². The second-order valence-electron chi connectivity index (χ2n) is 3.99. The highest BCUT2D eigenvalue weighted by Gasteiger charge is 2.08. The van der Waals surface area contributed by atoms with Crippen molar-refractivity contribution in [3.63, 3.8) is 0 Å². The van der Waals surface area contributed by atoms with Crippen molar-refractivity contribution in [1.82, 2.24) is 5.32 Å². The summed E-state index contributed by atoms with van der Waals surface area (Å²) in [5.41, 5.74) is 0. The zero-order valence-electron chi connectivity index (χ0n) is 10.3.